The summed E-state index contributed by atoms with van der Waals surface area (Å²) in [6, 6.07) is 14.4. The number of hydrogen-bond donors (Lipinski definition) is 0. The zero-order valence-electron chi connectivity index (χ0n) is 21.4. The van der Waals surface area contributed by atoms with E-state index in [1.807, 2.05) is 18.2 Å². The minimum atomic E-state index is -0.761. The molecule has 2 heterocycles. The first-order valence-electron chi connectivity index (χ1n) is 12.4. The van der Waals surface area contributed by atoms with Crippen molar-refractivity contribution in [1.29, 1.82) is 0 Å². The number of rotatable bonds is 5. The molecule has 0 aliphatic heterocycles. The summed E-state index contributed by atoms with van der Waals surface area (Å²) in [7, 11) is 1.61. The second-order valence-electron chi connectivity index (χ2n) is 10.1. The Hall–Kier alpha value is -4.14. The Balaban J connectivity index is 1.55. The molecule has 0 amide bonds. The largest absolute Gasteiger partial charge is 0.493 e. The molecule has 4 aromatic rings. The standard InChI is InChI=1S/C28H30N4O5/c1-28(2,3)37-27(34)32-22-12-8-7-11-21(22)31(26(32)33)25-29-16-15-20(30-25)18-13-14-23(24(17-18)35-4)36-19-9-5-6-10-19/h7-8,11-17,19H,5-6,9-10H2,1-4H3. The van der Waals surface area contributed by atoms with Crippen LogP contribution >= 0.6 is 0 Å². The molecule has 0 saturated heterocycles. The number of carbonyl (C=O) groups excluding carboxylic acids is 1. The first-order valence-corrected chi connectivity index (χ1v) is 12.4. The fourth-order valence-corrected chi connectivity index (χ4v) is 4.55. The summed E-state index contributed by atoms with van der Waals surface area (Å²) in [6.07, 6.45) is 5.49. The molecule has 0 radical (unpaired) electrons. The molecular weight excluding hydrogens is 472 g/mol. The number of carbonyl (C=O) groups is 1. The molecular formula is C28H30N4O5. The van der Waals surface area contributed by atoms with Gasteiger partial charge in [-0.3, -0.25) is 0 Å². The number of hydrogen-bond acceptors (Lipinski definition) is 7. The number of aromatic nitrogens is 4. The molecule has 1 aliphatic rings. The smallest absolute Gasteiger partial charge is 0.423 e. The molecule has 2 aromatic heterocycles. The van der Waals surface area contributed by atoms with Gasteiger partial charge >= 0.3 is 11.8 Å². The zero-order chi connectivity index (χ0) is 26.2. The Labute approximate surface area is 214 Å². The van der Waals surface area contributed by atoms with Crippen molar-refractivity contribution in [2.75, 3.05) is 7.11 Å². The van der Waals surface area contributed by atoms with Crippen molar-refractivity contribution in [2.24, 2.45) is 0 Å². The molecule has 5 rings (SSSR count). The minimum absolute atomic E-state index is 0.145. The lowest BCUT2D eigenvalue weighted by atomic mass is 10.1. The average molecular weight is 503 g/mol. The van der Waals surface area contributed by atoms with E-state index in [1.54, 1.807) is 64.4 Å². The summed E-state index contributed by atoms with van der Waals surface area (Å²) in [5.41, 5.74) is 0.910. The number of methoxy groups -OCH3 is 1. The van der Waals surface area contributed by atoms with Crippen LogP contribution in [0.25, 0.3) is 28.2 Å². The monoisotopic (exact) mass is 502 g/mol. The molecule has 2 aromatic carbocycles. The van der Waals surface area contributed by atoms with Gasteiger partial charge in [-0.1, -0.05) is 12.1 Å². The molecule has 1 fully saturated rings. The van der Waals surface area contributed by atoms with Crippen LogP contribution < -0.4 is 15.2 Å². The summed E-state index contributed by atoms with van der Waals surface area (Å²) in [4.78, 5) is 35.4. The lowest BCUT2D eigenvalue weighted by molar-refractivity contribution is 0.0538. The van der Waals surface area contributed by atoms with Crippen molar-refractivity contribution in [2.45, 2.75) is 58.2 Å². The van der Waals surface area contributed by atoms with Crippen LogP contribution in [-0.2, 0) is 4.74 Å². The number of fused-ring (bicyclic) bond motifs is 1. The van der Waals surface area contributed by atoms with Crippen LogP contribution in [0.3, 0.4) is 0 Å². The van der Waals surface area contributed by atoms with E-state index in [0.717, 1.165) is 23.0 Å². The number of nitrogens with zero attached hydrogens (tertiary/aromatic N) is 4. The summed E-state index contributed by atoms with van der Waals surface area (Å²) in [5, 5.41) is 0. The van der Waals surface area contributed by atoms with E-state index < -0.39 is 17.4 Å². The van der Waals surface area contributed by atoms with Gasteiger partial charge < -0.3 is 14.2 Å². The van der Waals surface area contributed by atoms with Crippen molar-refractivity contribution in [1.82, 2.24) is 19.1 Å². The lowest BCUT2D eigenvalue weighted by Gasteiger charge is -2.19. The molecule has 1 aliphatic carbocycles. The van der Waals surface area contributed by atoms with Gasteiger partial charge in [-0.05, 0) is 82.9 Å². The quantitative estimate of drug-likeness (QED) is 0.362. The minimum Gasteiger partial charge on any atom is -0.493 e. The maximum absolute atomic E-state index is 13.5. The van der Waals surface area contributed by atoms with Crippen LogP contribution in [0.4, 0.5) is 4.79 Å². The maximum Gasteiger partial charge on any atom is 0.423 e. The maximum atomic E-state index is 13.5. The van der Waals surface area contributed by atoms with Crippen molar-refractivity contribution >= 4 is 17.1 Å². The lowest BCUT2D eigenvalue weighted by Crippen LogP contribution is -2.34. The van der Waals surface area contributed by atoms with Gasteiger partial charge in [-0.15, -0.1) is 0 Å². The molecule has 9 heteroatoms. The average Bonchev–Trinajstić information content (AvgIpc) is 3.48. The molecule has 0 atom stereocenters. The highest BCUT2D eigenvalue weighted by Gasteiger charge is 2.25. The second-order valence-corrected chi connectivity index (χ2v) is 10.1. The fourth-order valence-electron chi connectivity index (χ4n) is 4.55. The molecule has 192 valence electrons. The van der Waals surface area contributed by atoms with Crippen molar-refractivity contribution in [3.63, 3.8) is 0 Å². The van der Waals surface area contributed by atoms with Crippen molar-refractivity contribution in [3.05, 3.63) is 65.2 Å². The third-order valence-electron chi connectivity index (χ3n) is 6.22. The van der Waals surface area contributed by atoms with E-state index in [4.69, 9.17) is 14.2 Å². The zero-order valence-corrected chi connectivity index (χ0v) is 21.4. The molecule has 0 N–H and O–H groups in total. The van der Waals surface area contributed by atoms with Gasteiger partial charge in [0.2, 0.25) is 5.95 Å². The van der Waals surface area contributed by atoms with Crippen molar-refractivity contribution in [3.8, 4) is 28.7 Å². The Kier molecular flexibility index (Phi) is 6.45. The Morgan fingerprint density at radius 2 is 1.73 bits per heavy atom. The molecule has 0 bridgehead atoms. The Bertz CT molecular complexity index is 1510. The number of para-hydroxylation sites is 2. The van der Waals surface area contributed by atoms with Crippen LogP contribution in [0.15, 0.2) is 59.5 Å². The summed E-state index contributed by atoms with van der Waals surface area (Å²) in [6.45, 7) is 5.25. The number of imidazole rings is 1. The van der Waals surface area contributed by atoms with Crippen LogP contribution in [0.1, 0.15) is 46.5 Å². The van der Waals surface area contributed by atoms with Crippen LogP contribution in [0, 0.1) is 0 Å². The Morgan fingerprint density at radius 3 is 2.43 bits per heavy atom. The van der Waals surface area contributed by atoms with Gasteiger partial charge in [0.25, 0.3) is 0 Å². The van der Waals surface area contributed by atoms with Crippen LogP contribution in [0.2, 0.25) is 0 Å². The van der Waals surface area contributed by atoms with E-state index in [2.05, 4.69) is 9.97 Å². The first-order chi connectivity index (χ1) is 17.7. The number of ether oxygens (including phenoxy) is 3. The van der Waals surface area contributed by atoms with Crippen LogP contribution in [0.5, 0.6) is 11.5 Å². The van der Waals surface area contributed by atoms with E-state index in [1.165, 1.54) is 17.4 Å². The van der Waals surface area contributed by atoms with Gasteiger partial charge in [0, 0.05) is 11.8 Å². The highest BCUT2D eigenvalue weighted by molar-refractivity contribution is 5.87. The third-order valence-corrected chi connectivity index (χ3v) is 6.22. The van der Waals surface area contributed by atoms with E-state index in [9.17, 15) is 9.59 Å². The topological polar surface area (TPSA) is 97.5 Å². The second kappa shape index (κ2) is 9.72. The van der Waals surface area contributed by atoms with Gasteiger partial charge in [-0.2, -0.15) is 4.57 Å². The van der Waals surface area contributed by atoms with Crippen LogP contribution in [-0.4, -0.2) is 44.0 Å². The highest BCUT2D eigenvalue weighted by atomic mass is 16.6. The summed E-state index contributed by atoms with van der Waals surface area (Å²) >= 11 is 0. The first kappa shape index (κ1) is 24.5. The number of benzene rings is 2. The van der Waals surface area contributed by atoms with E-state index >= 15 is 0 Å². The van der Waals surface area contributed by atoms with Gasteiger partial charge in [-0.25, -0.2) is 24.1 Å². The summed E-state index contributed by atoms with van der Waals surface area (Å²) < 4.78 is 19.6. The SMILES string of the molecule is COc1cc(-c2ccnc(-n3c(=O)n(C(=O)OC(C)(C)C)c4ccccc43)n2)ccc1OC1CCCC1. The molecule has 0 unspecified atom stereocenters. The van der Waals surface area contributed by atoms with Gasteiger partial charge in [0.1, 0.15) is 5.60 Å². The fraction of sp³-hybridized carbons (Fsp3) is 0.357. The summed E-state index contributed by atoms with van der Waals surface area (Å²) in [5.74, 6) is 1.46. The van der Waals surface area contributed by atoms with Crippen molar-refractivity contribution < 1.29 is 19.0 Å². The van der Waals surface area contributed by atoms with Gasteiger partial charge in [0.05, 0.1) is 29.9 Å². The molecule has 1 saturated carbocycles. The Morgan fingerprint density at radius 1 is 1.00 bits per heavy atom. The molecule has 37 heavy (non-hydrogen) atoms. The van der Waals surface area contributed by atoms with E-state index in [0.29, 0.717) is 28.2 Å². The molecule has 0 spiro atoms. The van der Waals surface area contributed by atoms with Gasteiger partial charge in [0.15, 0.2) is 11.5 Å². The normalized spacial score (nSPS) is 14.2. The predicted molar refractivity (Wildman–Crippen MR) is 140 cm³/mol. The third kappa shape index (κ3) is 4.94. The molecule has 9 nitrogen and oxygen atoms in total. The predicted octanol–water partition coefficient (Wildman–Crippen LogP) is 5.36. The van der Waals surface area contributed by atoms with E-state index in [-0.39, 0.29) is 12.1 Å². The highest BCUT2D eigenvalue weighted by Crippen LogP contribution is 2.35.